The van der Waals surface area contributed by atoms with Crippen molar-refractivity contribution in [2.45, 2.75) is 77.4 Å². The second-order valence-corrected chi connectivity index (χ2v) is 9.72. The van der Waals surface area contributed by atoms with Crippen molar-refractivity contribution in [3.63, 3.8) is 0 Å². The van der Waals surface area contributed by atoms with Crippen molar-refractivity contribution in [1.29, 1.82) is 0 Å². The van der Waals surface area contributed by atoms with E-state index < -0.39 is 0 Å². The first-order chi connectivity index (χ1) is 15.2. The summed E-state index contributed by atoms with van der Waals surface area (Å²) in [5, 5.41) is 16.6. The summed E-state index contributed by atoms with van der Waals surface area (Å²) in [6, 6.07) is 5.79. The lowest BCUT2D eigenvalue weighted by Gasteiger charge is -2.32. The van der Waals surface area contributed by atoms with Crippen LogP contribution >= 0.6 is 11.6 Å². The first-order valence-corrected chi connectivity index (χ1v) is 11.8. The highest BCUT2D eigenvalue weighted by molar-refractivity contribution is 6.31. The molecule has 1 fully saturated rings. The second-order valence-electron chi connectivity index (χ2n) is 9.28. The van der Waals surface area contributed by atoms with Crippen molar-refractivity contribution in [1.82, 2.24) is 19.7 Å². The summed E-state index contributed by atoms with van der Waals surface area (Å²) in [5.74, 6) is 1.60. The number of hydrogen-bond acceptors (Lipinski definition) is 7. The number of fused-ring (bicyclic) bond motifs is 1. The number of nitrogens with zero attached hydrogens (tertiary/aromatic N) is 4. The van der Waals surface area contributed by atoms with Crippen LogP contribution in [0.3, 0.4) is 0 Å². The van der Waals surface area contributed by atoms with Crippen LogP contribution in [0.25, 0.3) is 11.4 Å². The van der Waals surface area contributed by atoms with E-state index in [1.165, 1.54) is 12.8 Å². The maximum absolute atomic E-state index is 6.45. The summed E-state index contributed by atoms with van der Waals surface area (Å²) in [6.45, 7) is 8.55. The molecule has 1 aromatic rings. The number of rotatable bonds is 6. The molecule has 32 heavy (non-hydrogen) atoms. The van der Waals surface area contributed by atoms with Crippen molar-refractivity contribution in [2.24, 2.45) is 5.73 Å². The Morgan fingerprint density at radius 1 is 1.09 bits per heavy atom. The molecule has 172 valence electrons. The van der Waals surface area contributed by atoms with Crippen molar-refractivity contribution < 1.29 is 0 Å². The number of hydrogen-bond donors (Lipinski definition) is 4. The maximum Gasteiger partial charge on any atom is 0.205 e. The molecule has 8 nitrogen and oxygen atoms in total. The van der Waals surface area contributed by atoms with Gasteiger partial charge >= 0.3 is 0 Å². The van der Waals surface area contributed by atoms with Crippen LogP contribution in [0.1, 0.15) is 71.0 Å². The van der Waals surface area contributed by atoms with Crippen LogP contribution in [0, 0.1) is 0 Å². The molecule has 0 bridgehead atoms. The van der Waals surface area contributed by atoms with E-state index in [-0.39, 0.29) is 24.0 Å². The summed E-state index contributed by atoms with van der Waals surface area (Å²) in [5.41, 5.74) is 16.4. The fraction of sp³-hybridized carbons (Fsp3) is 0.522. The van der Waals surface area contributed by atoms with Gasteiger partial charge in [0, 0.05) is 34.5 Å². The van der Waals surface area contributed by atoms with Gasteiger partial charge < -0.3 is 26.7 Å². The third-order valence-corrected chi connectivity index (χ3v) is 6.23. The molecule has 1 saturated carbocycles. The highest BCUT2D eigenvalue weighted by Gasteiger charge is 2.30. The van der Waals surface area contributed by atoms with E-state index in [0.717, 1.165) is 41.6 Å². The molecule has 1 aliphatic carbocycles. The lowest BCUT2D eigenvalue weighted by Crippen LogP contribution is -2.43. The van der Waals surface area contributed by atoms with Gasteiger partial charge in [0.05, 0.1) is 11.4 Å². The Kier molecular flexibility index (Phi) is 6.44. The normalized spacial score (nSPS) is 19.1. The molecule has 0 spiro atoms. The van der Waals surface area contributed by atoms with E-state index in [0.29, 0.717) is 16.5 Å². The zero-order chi connectivity index (χ0) is 23.0. The molecule has 6 N–H and O–H groups in total. The van der Waals surface area contributed by atoms with Crippen LogP contribution in [-0.2, 0) is 0 Å². The largest absolute Gasteiger partial charge is 0.399 e. The molecule has 9 heteroatoms. The predicted molar refractivity (Wildman–Crippen MR) is 132 cm³/mol. The van der Waals surface area contributed by atoms with Gasteiger partial charge in [-0.15, -0.1) is 5.10 Å². The number of halogens is 1. The van der Waals surface area contributed by atoms with Gasteiger partial charge in [0.2, 0.25) is 5.95 Å². The molecule has 0 amide bonds. The van der Waals surface area contributed by atoms with Gasteiger partial charge in [0.1, 0.15) is 0 Å². The van der Waals surface area contributed by atoms with Crippen molar-refractivity contribution >= 4 is 34.7 Å². The summed E-state index contributed by atoms with van der Waals surface area (Å²) in [7, 11) is 0. The molecular formula is C23H33ClN8. The van der Waals surface area contributed by atoms with Crippen LogP contribution in [0.4, 0.5) is 23.1 Å². The van der Waals surface area contributed by atoms with E-state index in [4.69, 9.17) is 28.1 Å². The number of anilines is 4. The molecule has 1 aromatic carbocycles. The van der Waals surface area contributed by atoms with Gasteiger partial charge in [0.15, 0.2) is 11.5 Å². The zero-order valence-electron chi connectivity index (χ0n) is 19.2. The molecule has 2 atom stereocenters. The van der Waals surface area contributed by atoms with E-state index >= 15 is 0 Å². The average molecular weight is 457 g/mol. The predicted octanol–water partition coefficient (Wildman–Crippen LogP) is 5.14. The Bertz CT molecular complexity index is 1040. The number of aromatic nitrogens is 4. The van der Waals surface area contributed by atoms with Crippen LogP contribution in [0.5, 0.6) is 0 Å². The monoisotopic (exact) mass is 456 g/mol. The molecule has 4 rings (SSSR count). The van der Waals surface area contributed by atoms with Gasteiger partial charge in [-0.1, -0.05) is 38.3 Å². The SMILES string of the molecule is CC(C)c1nnc2c(Nc3cc(N)cc(Cl)c3)nc(NC3CCCCC3N)n(C(C)C)c1-2. The number of nitrogens with two attached hydrogens (primary N) is 2. The molecule has 0 aromatic heterocycles. The van der Waals surface area contributed by atoms with Crippen molar-refractivity contribution in [3.8, 4) is 11.4 Å². The van der Waals surface area contributed by atoms with Crippen molar-refractivity contribution in [3.05, 3.63) is 28.9 Å². The summed E-state index contributed by atoms with van der Waals surface area (Å²) in [4.78, 5) is 4.98. The highest BCUT2D eigenvalue weighted by atomic mass is 35.5. The zero-order valence-corrected chi connectivity index (χ0v) is 19.9. The average Bonchev–Trinajstić information content (AvgIpc) is 3.14. The quantitative estimate of drug-likeness (QED) is 0.379. The summed E-state index contributed by atoms with van der Waals surface area (Å²) < 4.78 is 2.20. The minimum absolute atomic E-state index is 0.103. The van der Waals surface area contributed by atoms with Gasteiger partial charge in [-0.3, -0.25) is 0 Å². The Hall–Kier alpha value is -2.58. The van der Waals surface area contributed by atoms with Crippen LogP contribution in [0.15, 0.2) is 18.2 Å². The first kappa shape index (κ1) is 22.6. The Balaban J connectivity index is 1.86. The minimum Gasteiger partial charge on any atom is -0.399 e. The Morgan fingerprint density at radius 2 is 1.84 bits per heavy atom. The molecular weight excluding hydrogens is 424 g/mol. The Labute approximate surface area is 194 Å². The van der Waals surface area contributed by atoms with E-state index in [2.05, 4.69) is 53.1 Å². The Morgan fingerprint density at radius 3 is 2.50 bits per heavy atom. The first-order valence-electron chi connectivity index (χ1n) is 11.4. The molecule has 2 aliphatic heterocycles. The van der Waals surface area contributed by atoms with Gasteiger partial charge in [-0.2, -0.15) is 10.1 Å². The second kappa shape index (κ2) is 9.11. The van der Waals surface area contributed by atoms with E-state index in [9.17, 15) is 0 Å². The fourth-order valence-corrected chi connectivity index (χ4v) is 4.69. The third kappa shape index (κ3) is 4.47. The van der Waals surface area contributed by atoms with E-state index in [1.54, 1.807) is 6.07 Å². The number of nitrogens with one attached hydrogen (secondary N) is 2. The highest BCUT2D eigenvalue weighted by Crippen LogP contribution is 2.39. The summed E-state index contributed by atoms with van der Waals surface area (Å²) in [6.07, 6.45) is 4.39. The lowest BCUT2D eigenvalue weighted by atomic mass is 9.91. The molecule has 2 heterocycles. The van der Waals surface area contributed by atoms with Crippen molar-refractivity contribution in [2.75, 3.05) is 16.4 Å². The van der Waals surface area contributed by atoms with Gasteiger partial charge in [-0.25, -0.2) is 0 Å². The van der Waals surface area contributed by atoms with Crippen LogP contribution in [-0.4, -0.2) is 31.8 Å². The molecule has 2 unspecified atom stereocenters. The van der Waals surface area contributed by atoms with Crippen LogP contribution in [0.2, 0.25) is 5.02 Å². The van der Waals surface area contributed by atoms with Crippen LogP contribution < -0.4 is 22.1 Å². The maximum atomic E-state index is 6.45. The van der Waals surface area contributed by atoms with E-state index in [1.807, 2.05) is 12.1 Å². The number of nitrogen functional groups attached to an aromatic ring is 1. The third-order valence-electron chi connectivity index (χ3n) is 6.02. The molecule has 3 aliphatic rings. The smallest absolute Gasteiger partial charge is 0.205 e. The number of benzene rings is 1. The van der Waals surface area contributed by atoms with Gasteiger partial charge in [-0.05, 0) is 50.8 Å². The fourth-order valence-electron chi connectivity index (χ4n) is 4.44. The molecule has 0 saturated heterocycles. The molecule has 0 radical (unpaired) electrons. The van der Waals surface area contributed by atoms with Gasteiger partial charge in [0.25, 0.3) is 0 Å². The standard InChI is InChI=1S/C23H33ClN8/c1-12(2)19-21-20(31-30-19)22(27-16-10-14(24)9-15(25)11-16)29-23(32(21)13(3)4)28-18-8-6-5-7-17(18)26/h9-13,17-18,27H,5-8,25-26H2,1-4H3,(H,28,29). The summed E-state index contributed by atoms with van der Waals surface area (Å²) >= 11 is 6.22. The lowest BCUT2D eigenvalue weighted by molar-refractivity contribution is 0.400. The topological polar surface area (TPSA) is 120 Å². The minimum atomic E-state index is 0.103.